The minimum Gasteiger partial charge on any atom is -0.314 e. The van der Waals surface area contributed by atoms with Gasteiger partial charge in [-0.1, -0.05) is 0 Å². The molecule has 2 aromatic heterocycles. The zero-order valence-corrected chi connectivity index (χ0v) is 10.9. The highest BCUT2D eigenvalue weighted by atomic mass is 15.2. The van der Waals surface area contributed by atoms with Crippen LogP contribution in [0, 0.1) is 0 Å². The van der Waals surface area contributed by atoms with E-state index in [0.717, 1.165) is 31.1 Å². The molecule has 0 amide bonds. The van der Waals surface area contributed by atoms with Crippen molar-refractivity contribution in [3.8, 4) is 0 Å². The summed E-state index contributed by atoms with van der Waals surface area (Å²) in [6, 6.07) is 3.02. The summed E-state index contributed by atoms with van der Waals surface area (Å²) < 4.78 is 1.98. The Balaban J connectivity index is 1.82. The number of piperazine rings is 1. The molecule has 5 heteroatoms. The molecule has 96 valence electrons. The van der Waals surface area contributed by atoms with Crippen LogP contribution in [0.15, 0.2) is 24.7 Å². The summed E-state index contributed by atoms with van der Waals surface area (Å²) in [6.45, 7) is 7.52. The summed E-state index contributed by atoms with van der Waals surface area (Å²) in [6.07, 6.45) is 5.84. The number of imidazole rings is 1. The first kappa shape index (κ1) is 11.6. The van der Waals surface area contributed by atoms with Crippen LogP contribution in [0.3, 0.4) is 0 Å². The maximum absolute atomic E-state index is 4.57. The topological polar surface area (TPSA) is 45.5 Å². The van der Waals surface area contributed by atoms with Crippen LogP contribution in [0.4, 0.5) is 0 Å². The van der Waals surface area contributed by atoms with Gasteiger partial charge >= 0.3 is 0 Å². The Labute approximate surface area is 107 Å². The van der Waals surface area contributed by atoms with E-state index in [1.165, 1.54) is 0 Å². The quantitative estimate of drug-likeness (QED) is 0.854. The second-order valence-corrected chi connectivity index (χ2v) is 5.09. The molecule has 0 spiro atoms. The Morgan fingerprint density at radius 3 is 2.83 bits per heavy atom. The first-order chi connectivity index (χ1) is 8.74. The van der Waals surface area contributed by atoms with E-state index in [1.807, 2.05) is 16.7 Å². The molecule has 2 unspecified atom stereocenters. The van der Waals surface area contributed by atoms with Crippen molar-refractivity contribution in [3.63, 3.8) is 0 Å². The number of rotatable bonds is 2. The number of aromatic nitrogens is 3. The van der Waals surface area contributed by atoms with Crippen molar-refractivity contribution >= 4 is 5.78 Å². The van der Waals surface area contributed by atoms with E-state index < -0.39 is 0 Å². The number of hydrogen-bond donors (Lipinski definition) is 1. The minimum absolute atomic E-state index is 0.548. The summed E-state index contributed by atoms with van der Waals surface area (Å²) in [5, 5.41) is 3.45. The standard InChI is InChI=1S/C13H19N5/c1-10-6-14-7-11(2)18(10)9-12-8-17-5-3-4-15-13(17)16-12/h3-5,8,10-11,14H,6-7,9H2,1-2H3. The lowest BCUT2D eigenvalue weighted by atomic mass is 10.1. The van der Waals surface area contributed by atoms with Crippen LogP contribution in [-0.4, -0.2) is 44.4 Å². The van der Waals surface area contributed by atoms with E-state index >= 15 is 0 Å². The molecule has 3 heterocycles. The summed E-state index contributed by atoms with van der Waals surface area (Å²) >= 11 is 0. The molecule has 3 rings (SSSR count). The van der Waals surface area contributed by atoms with Crippen molar-refractivity contribution in [3.05, 3.63) is 30.4 Å². The molecule has 5 nitrogen and oxygen atoms in total. The average Bonchev–Trinajstić information content (AvgIpc) is 2.76. The molecule has 18 heavy (non-hydrogen) atoms. The average molecular weight is 245 g/mol. The van der Waals surface area contributed by atoms with Gasteiger partial charge in [-0.15, -0.1) is 0 Å². The molecule has 0 bridgehead atoms. The smallest absolute Gasteiger partial charge is 0.233 e. The van der Waals surface area contributed by atoms with E-state index in [1.54, 1.807) is 6.20 Å². The minimum atomic E-state index is 0.548. The van der Waals surface area contributed by atoms with Gasteiger partial charge in [0.2, 0.25) is 5.78 Å². The molecule has 1 fully saturated rings. The van der Waals surface area contributed by atoms with Crippen LogP contribution in [0.25, 0.3) is 5.78 Å². The predicted molar refractivity (Wildman–Crippen MR) is 70.3 cm³/mol. The Hall–Kier alpha value is -1.46. The van der Waals surface area contributed by atoms with Crippen molar-refractivity contribution in [1.82, 2.24) is 24.6 Å². The zero-order valence-electron chi connectivity index (χ0n) is 10.9. The molecular weight excluding hydrogens is 226 g/mol. The molecular formula is C13H19N5. The van der Waals surface area contributed by atoms with Crippen LogP contribution >= 0.6 is 0 Å². The fourth-order valence-corrected chi connectivity index (χ4v) is 2.62. The van der Waals surface area contributed by atoms with E-state index in [4.69, 9.17) is 0 Å². The molecule has 0 radical (unpaired) electrons. The van der Waals surface area contributed by atoms with Crippen LogP contribution in [-0.2, 0) is 6.54 Å². The van der Waals surface area contributed by atoms with Gasteiger partial charge in [-0.05, 0) is 19.9 Å². The lowest BCUT2D eigenvalue weighted by Gasteiger charge is -2.38. The molecule has 1 aliphatic heterocycles. The lowest BCUT2D eigenvalue weighted by Crippen LogP contribution is -2.54. The van der Waals surface area contributed by atoms with Crippen molar-refractivity contribution in [2.75, 3.05) is 13.1 Å². The summed E-state index contributed by atoms with van der Waals surface area (Å²) in [4.78, 5) is 11.3. The van der Waals surface area contributed by atoms with Gasteiger partial charge in [-0.2, -0.15) is 0 Å². The van der Waals surface area contributed by atoms with E-state index in [2.05, 4.69) is 40.2 Å². The number of hydrogen-bond acceptors (Lipinski definition) is 4. The number of nitrogens with zero attached hydrogens (tertiary/aromatic N) is 4. The first-order valence-corrected chi connectivity index (χ1v) is 6.49. The van der Waals surface area contributed by atoms with Gasteiger partial charge in [0.1, 0.15) is 0 Å². The maximum atomic E-state index is 4.57. The number of nitrogens with one attached hydrogen (secondary N) is 1. The molecule has 1 aliphatic rings. The third-order valence-corrected chi connectivity index (χ3v) is 3.64. The molecule has 0 aromatic carbocycles. The molecule has 1 N–H and O–H groups in total. The van der Waals surface area contributed by atoms with Gasteiger partial charge in [0, 0.05) is 50.3 Å². The lowest BCUT2D eigenvalue weighted by molar-refractivity contribution is 0.107. The van der Waals surface area contributed by atoms with E-state index in [0.29, 0.717) is 12.1 Å². The summed E-state index contributed by atoms with van der Waals surface area (Å²) in [5.41, 5.74) is 1.09. The third kappa shape index (κ3) is 2.11. The van der Waals surface area contributed by atoms with Crippen LogP contribution in [0.2, 0.25) is 0 Å². The summed E-state index contributed by atoms with van der Waals surface area (Å²) in [7, 11) is 0. The molecule has 2 aromatic rings. The van der Waals surface area contributed by atoms with Gasteiger partial charge < -0.3 is 5.32 Å². The third-order valence-electron chi connectivity index (χ3n) is 3.64. The highest BCUT2D eigenvalue weighted by molar-refractivity contribution is 5.29. The first-order valence-electron chi connectivity index (χ1n) is 6.49. The van der Waals surface area contributed by atoms with E-state index in [9.17, 15) is 0 Å². The Morgan fingerprint density at radius 2 is 2.11 bits per heavy atom. The fraction of sp³-hybridized carbons (Fsp3) is 0.538. The second kappa shape index (κ2) is 4.66. The van der Waals surface area contributed by atoms with Gasteiger partial charge in [0.05, 0.1) is 5.69 Å². The Kier molecular flexibility index (Phi) is 3.01. The monoisotopic (exact) mass is 245 g/mol. The Morgan fingerprint density at radius 1 is 1.33 bits per heavy atom. The zero-order chi connectivity index (χ0) is 12.5. The van der Waals surface area contributed by atoms with Crippen LogP contribution in [0.5, 0.6) is 0 Å². The molecule has 1 saturated heterocycles. The highest BCUT2D eigenvalue weighted by Gasteiger charge is 2.24. The predicted octanol–water partition coefficient (Wildman–Crippen LogP) is 0.911. The van der Waals surface area contributed by atoms with Crippen LogP contribution < -0.4 is 5.32 Å². The normalized spacial score (nSPS) is 25.7. The van der Waals surface area contributed by atoms with Crippen molar-refractivity contribution in [2.24, 2.45) is 0 Å². The van der Waals surface area contributed by atoms with Crippen molar-refractivity contribution in [1.29, 1.82) is 0 Å². The largest absolute Gasteiger partial charge is 0.314 e. The van der Waals surface area contributed by atoms with Gasteiger partial charge in [0.15, 0.2) is 0 Å². The molecule has 0 aliphatic carbocycles. The number of fused-ring (bicyclic) bond motifs is 1. The second-order valence-electron chi connectivity index (χ2n) is 5.09. The molecule has 2 atom stereocenters. The van der Waals surface area contributed by atoms with Crippen molar-refractivity contribution in [2.45, 2.75) is 32.5 Å². The van der Waals surface area contributed by atoms with Gasteiger partial charge in [0.25, 0.3) is 0 Å². The van der Waals surface area contributed by atoms with E-state index in [-0.39, 0.29) is 0 Å². The molecule has 0 saturated carbocycles. The van der Waals surface area contributed by atoms with Crippen molar-refractivity contribution < 1.29 is 0 Å². The SMILES string of the molecule is CC1CNCC(C)N1Cc1cn2cccnc2n1. The maximum Gasteiger partial charge on any atom is 0.233 e. The Bertz CT molecular complexity index is 492. The summed E-state index contributed by atoms with van der Waals surface area (Å²) in [5.74, 6) is 0.781. The highest BCUT2D eigenvalue weighted by Crippen LogP contribution is 2.14. The fourth-order valence-electron chi connectivity index (χ4n) is 2.62. The van der Waals surface area contributed by atoms with Crippen LogP contribution in [0.1, 0.15) is 19.5 Å². The van der Waals surface area contributed by atoms with Gasteiger partial charge in [-0.3, -0.25) is 9.30 Å². The van der Waals surface area contributed by atoms with Gasteiger partial charge in [-0.25, -0.2) is 9.97 Å².